The number of thioether (sulfide) groups is 1. The third-order valence-electron chi connectivity index (χ3n) is 3.86. The van der Waals surface area contributed by atoms with E-state index in [1.54, 1.807) is 11.8 Å². The van der Waals surface area contributed by atoms with Crippen LogP contribution in [0.25, 0.3) is 0 Å². The highest BCUT2D eigenvalue weighted by molar-refractivity contribution is 7.98. The predicted molar refractivity (Wildman–Crippen MR) is 86.1 cm³/mol. The molecule has 0 aliphatic carbocycles. The molecule has 2 aromatic rings. The van der Waals surface area contributed by atoms with Crippen LogP contribution in [0.5, 0.6) is 0 Å². The van der Waals surface area contributed by atoms with Gasteiger partial charge in [-0.2, -0.15) is 5.10 Å². The fourth-order valence-electron chi connectivity index (χ4n) is 2.39. The third kappa shape index (κ3) is 3.25. The number of aryl methyl sites for hydroxylation is 1. The van der Waals surface area contributed by atoms with Gasteiger partial charge in [0.15, 0.2) is 0 Å². The molecular weight excluding hydrogens is 266 g/mol. The summed E-state index contributed by atoms with van der Waals surface area (Å²) in [5.74, 6) is 0. The first kappa shape index (κ1) is 15.1. The first-order valence-electron chi connectivity index (χ1n) is 6.91. The van der Waals surface area contributed by atoms with Gasteiger partial charge in [0.25, 0.3) is 0 Å². The van der Waals surface area contributed by atoms with Crippen molar-refractivity contribution in [2.45, 2.75) is 37.8 Å². The number of rotatable bonds is 5. The molecule has 0 saturated carbocycles. The number of nitrogens with one attached hydrogen (secondary N) is 1. The van der Waals surface area contributed by atoms with Crippen molar-refractivity contribution < 1.29 is 0 Å². The van der Waals surface area contributed by atoms with Gasteiger partial charge in [0.2, 0.25) is 0 Å². The minimum Gasteiger partial charge on any atom is -0.304 e. The molecule has 0 saturated heterocycles. The summed E-state index contributed by atoms with van der Waals surface area (Å²) in [6.45, 7) is 6.51. The molecule has 4 heteroatoms. The first-order chi connectivity index (χ1) is 9.52. The maximum atomic E-state index is 4.31. The standard InChI is InChI=1S/C16H23N3S/c1-11(14-6-8-15(20-5)9-7-14)18-12(2)16-10-17-19(4)13(16)3/h6-12,18H,1-5H3. The summed E-state index contributed by atoms with van der Waals surface area (Å²) >= 11 is 1.77. The van der Waals surface area contributed by atoms with Gasteiger partial charge < -0.3 is 5.32 Å². The molecule has 3 nitrogen and oxygen atoms in total. The van der Waals surface area contributed by atoms with Crippen molar-refractivity contribution in [3.05, 3.63) is 47.3 Å². The van der Waals surface area contributed by atoms with Crippen molar-refractivity contribution >= 4 is 11.8 Å². The molecule has 0 radical (unpaired) electrons. The average molecular weight is 289 g/mol. The van der Waals surface area contributed by atoms with Crippen LogP contribution < -0.4 is 5.32 Å². The lowest BCUT2D eigenvalue weighted by atomic mass is 10.0. The Balaban J connectivity index is 2.06. The van der Waals surface area contributed by atoms with Gasteiger partial charge in [-0.3, -0.25) is 4.68 Å². The maximum Gasteiger partial charge on any atom is 0.0540 e. The number of benzene rings is 1. The van der Waals surface area contributed by atoms with Crippen LogP contribution in [-0.4, -0.2) is 16.0 Å². The molecule has 0 aliphatic heterocycles. The third-order valence-corrected chi connectivity index (χ3v) is 4.60. The highest BCUT2D eigenvalue weighted by atomic mass is 32.2. The molecule has 0 spiro atoms. The monoisotopic (exact) mass is 289 g/mol. The Morgan fingerprint density at radius 3 is 2.30 bits per heavy atom. The maximum absolute atomic E-state index is 4.31. The number of aromatic nitrogens is 2. The van der Waals surface area contributed by atoms with Gasteiger partial charge in [0.05, 0.1) is 6.20 Å². The Bertz CT molecular complexity index is 560. The van der Waals surface area contributed by atoms with Crippen LogP contribution in [0.2, 0.25) is 0 Å². The topological polar surface area (TPSA) is 29.9 Å². The van der Waals surface area contributed by atoms with Crippen LogP contribution in [0.15, 0.2) is 35.4 Å². The van der Waals surface area contributed by atoms with Gasteiger partial charge in [-0.05, 0) is 44.7 Å². The van der Waals surface area contributed by atoms with E-state index >= 15 is 0 Å². The zero-order valence-corrected chi connectivity index (χ0v) is 13.7. The van der Waals surface area contributed by atoms with Crippen LogP contribution in [0.1, 0.15) is 42.8 Å². The van der Waals surface area contributed by atoms with Gasteiger partial charge in [0, 0.05) is 35.3 Å². The van der Waals surface area contributed by atoms with E-state index in [0.29, 0.717) is 12.1 Å². The quantitative estimate of drug-likeness (QED) is 0.848. The van der Waals surface area contributed by atoms with Crippen LogP contribution >= 0.6 is 11.8 Å². The van der Waals surface area contributed by atoms with Gasteiger partial charge >= 0.3 is 0 Å². The molecule has 1 aromatic carbocycles. The Morgan fingerprint density at radius 2 is 1.80 bits per heavy atom. The van der Waals surface area contributed by atoms with Crippen LogP contribution in [0, 0.1) is 6.92 Å². The van der Waals surface area contributed by atoms with Crippen LogP contribution in [0.3, 0.4) is 0 Å². The summed E-state index contributed by atoms with van der Waals surface area (Å²) in [6.07, 6.45) is 4.06. The predicted octanol–water partition coefficient (Wildman–Crippen LogP) is 3.86. The summed E-state index contributed by atoms with van der Waals surface area (Å²) < 4.78 is 1.92. The zero-order valence-electron chi connectivity index (χ0n) is 12.8. The van der Waals surface area contributed by atoms with E-state index in [4.69, 9.17) is 0 Å². The van der Waals surface area contributed by atoms with Crippen molar-refractivity contribution in [1.82, 2.24) is 15.1 Å². The number of hydrogen-bond acceptors (Lipinski definition) is 3. The largest absolute Gasteiger partial charge is 0.304 e. The van der Waals surface area contributed by atoms with E-state index in [1.165, 1.54) is 21.7 Å². The Morgan fingerprint density at radius 1 is 1.15 bits per heavy atom. The molecule has 0 amide bonds. The Labute approximate surface area is 125 Å². The molecular formula is C16H23N3S. The Hall–Kier alpha value is -1.26. The second-order valence-corrected chi connectivity index (χ2v) is 6.07. The molecule has 2 rings (SSSR count). The summed E-state index contributed by atoms with van der Waals surface area (Å²) in [5.41, 5.74) is 3.80. The van der Waals surface area contributed by atoms with Gasteiger partial charge in [-0.25, -0.2) is 0 Å². The summed E-state index contributed by atoms with van der Waals surface area (Å²) in [4.78, 5) is 1.30. The van der Waals surface area contributed by atoms with Crippen molar-refractivity contribution in [3.8, 4) is 0 Å². The average Bonchev–Trinajstić information content (AvgIpc) is 2.79. The van der Waals surface area contributed by atoms with E-state index in [-0.39, 0.29) is 0 Å². The van der Waals surface area contributed by atoms with Crippen molar-refractivity contribution in [3.63, 3.8) is 0 Å². The van der Waals surface area contributed by atoms with E-state index < -0.39 is 0 Å². The fraction of sp³-hybridized carbons (Fsp3) is 0.438. The second-order valence-electron chi connectivity index (χ2n) is 5.19. The Kier molecular flexibility index (Phi) is 4.89. The number of nitrogens with zero attached hydrogens (tertiary/aromatic N) is 2. The number of hydrogen-bond donors (Lipinski definition) is 1. The molecule has 1 aromatic heterocycles. The van der Waals surface area contributed by atoms with Crippen molar-refractivity contribution in [1.29, 1.82) is 0 Å². The lowest BCUT2D eigenvalue weighted by Crippen LogP contribution is -2.22. The molecule has 1 N–H and O–H groups in total. The molecule has 0 bridgehead atoms. The minimum absolute atomic E-state index is 0.291. The SMILES string of the molecule is CSc1ccc(C(C)NC(C)c2cnn(C)c2C)cc1. The molecule has 2 atom stereocenters. The molecule has 20 heavy (non-hydrogen) atoms. The van der Waals surface area contributed by atoms with Crippen LogP contribution in [-0.2, 0) is 7.05 Å². The van der Waals surface area contributed by atoms with Crippen LogP contribution in [0.4, 0.5) is 0 Å². The second kappa shape index (κ2) is 6.46. The highest BCUT2D eigenvalue weighted by Crippen LogP contribution is 2.23. The van der Waals surface area contributed by atoms with Gasteiger partial charge in [-0.15, -0.1) is 11.8 Å². The normalized spacial score (nSPS) is 14.2. The highest BCUT2D eigenvalue weighted by Gasteiger charge is 2.15. The molecule has 2 unspecified atom stereocenters. The van der Waals surface area contributed by atoms with E-state index in [2.05, 4.69) is 61.7 Å². The van der Waals surface area contributed by atoms with Crippen molar-refractivity contribution in [2.24, 2.45) is 7.05 Å². The zero-order chi connectivity index (χ0) is 14.7. The first-order valence-corrected chi connectivity index (χ1v) is 8.14. The molecule has 0 aliphatic rings. The van der Waals surface area contributed by atoms with E-state index in [9.17, 15) is 0 Å². The summed E-state index contributed by atoms with van der Waals surface area (Å²) in [5, 5.41) is 7.96. The summed E-state index contributed by atoms with van der Waals surface area (Å²) in [7, 11) is 1.98. The van der Waals surface area contributed by atoms with Gasteiger partial charge in [-0.1, -0.05) is 12.1 Å². The minimum atomic E-state index is 0.291. The fourth-order valence-corrected chi connectivity index (χ4v) is 2.80. The van der Waals surface area contributed by atoms with Crippen molar-refractivity contribution in [2.75, 3.05) is 6.26 Å². The molecule has 108 valence electrons. The lowest BCUT2D eigenvalue weighted by Gasteiger charge is -2.20. The molecule has 1 heterocycles. The smallest absolute Gasteiger partial charge is 0.0540 e. The molecule has 0 fully saturated rings. The summed E-state index contributed by atoms with van der Waals surface area (Å²) in [6, 6.07) is 9.37. The van der Waals surface area contributed by atoms with E-state index in [1.807, 2.05) is 17.9 Å². The van der Waals surface area contributed by atoms with Gasteiger partial charge in [0.1, 0.15) is 0 Å². The van der Waals surface area contributed by atoms with E-state index in [0.717, 1.165) is 0 Å². The lowest BCUT2D eigenvalue weighted by molar-refractivity contribution is 0.492.